The number of esters is 1. The van der Waals surface area contributed by atoms with Crippen LogP contribution in [0.5, 0.6) is 5.75 Å². The van der Waals surface area contributed by atoms with Gasteiger partial charge < -0.3 is 19.5 Å². The highest BCUT2D eigenvalue weighted by Gasteiger charge is 2.33. The van der Waals surface area contributed by atoms with Crippen molar-refractivity contribution >= 4 is 28.4 Å². The molecule has 4 rings (SSSR count). The monoisotopic (exact) mass is 377 g/mol. The Hall–Kier alpha value is -3.54. The first kappa shape index (κ1) is 17.9. The molecular formula is C22H19NO5. The highest BCUT2D eigenvalue weighted by atomic mass is 16.5. The number of aliphatic hydroxyl groups excluding tert-OH is 1. The van der Waals surface area contributed by atoms with Gasteiger partial charge in [-0.05, 0) is 31.5 Å². The van der Waals surface area contributed by atoms with Crippen molar-refractivity contribution in [2.45, 2.75) is 20.4 Å². The van der Waals surface area contributed by atoms with Crippen LogP contribution in [0.1, 0.15) is 22.3 Å². The fourth-order valence-corrected chi connectivity index (χ4v) is 3.73. The van der Waals surface area contributed by atoms with E-state index in [2.05, 4.69) is 18.2 Å². The molecule has 0 bridgehead atoms. The molecule has 0 saturated carbocycles. The number of hydrogen-bond acceptors (Lipinski definition) is 5. The minimum atomic E-state index is -0.982. The number of hydrogen-bond donors (Lipinski definition) is 2. The SMILES string of the molecule is Cc1cc(C)cc(Cn2cc(/C(O)=C3\COC(=O)C3=O)c3c(O)cccc32)c1. The predicted molar refractivity (Wildman–Crippen MR) is 104 cm³/mol. The van der Waals surface area contributed by atoms with Crippen LogP contribution in [-0.2, 0) is 20.9 Å². The Morgan fingerprint density at radius 1 is 1.14 bits per heavy atom. The third kappa shape index (κ3) is 2.93. The number of aliphatic hydroxyl groups is 1. The highest BCUT2D eigenvalue weighted by Crippen LogP contribution is 2.35. The first-order valence-corrected chi connectivity index (χ1v) is 8.87. The molecule has 0 spiro atoms. The van der Waals surface area contributed by atoms with E-state index in [-0.39, 0.29) is 23.7 Å². The van der Waals surface area contributed by atoms with Crippen molar-refractivity contribution in [3.63, 3.8) is 0 Å². The fourth-order valence-electron chi connectivity index (χ4n) is 3.73. The summed E-state index contributed by atoms with van der Waals surface area (Å²) in [7, 11) is 0. The molecule has 0 unspecified atom stereocenters. The predicted octanol–water partition coefficient (Wildman–Crippen LogP) is 3.41. The van der Waals surface area contributed by atoms with Crippen LogP contribution in [0, 0.1) is 13.8 Å². The summed E-state index contributed by atoms with van der Waals surface area (Å²) in [5.74, 6) is -2.20. The van der Waals surface area contributed by atoms with E-state index in [0.717, 1.165) is 16.7 Å². The normalized spacial score (nSPS) is 15.9. The molecule has 1 fully saturated rings. The summed E-state index contributed by atoms with van der Waals surface area (Å²) >= 11 is 0. The summed E-state index contributed by atoms with van der Waals surface area (Å²) < 4.78 is 6.62. The third-order valence-electron chi connectivity index (χ3n) is 4.87. The molecule has 1 aliphatic heterocycles. The first-order valence-electron chi connectivity index (χ1n) is 8.87. The van der Waals surface area contributed by atoms with Gasteiger partial charge in [0.2, 0.25) is 0 Å². The number of aromatic hydroxyl groups is 1. The molecule has 28 heavy (non-hydrogen) atoms. The number of rotatable bonds is 3. The molecular weight excluding hydrogens is 358 g/mol. The molecule has 1 aliphatic rings. The van der Waals surface area contributed by atoms with Gasteiger partial charge in [-0.1, -0.05) is 35.4 Å². The largest absolute Gasteiger partial charge is 0.507 e. The van der Waals surface area contributed by atoms with Gasteiger partial charge in [-0.25, -0.2) is 4.79 Å². The Labute approximate surface area is 161 Å². The molecule has 3 aromatic rings. The zero-order valence-corrected chi connectivity index (χ0v) is 15.5. The second kappa shape index (κ2) is 6.56. The molecule has 0 atom stereocenters. The lowest BCUT2D eigenvalue weighted by atomic mass is 10.1. The van der Waals surface area contributed by atoms with E-state index in [9.17, 15) is 19.8 Å². The van der Waals surface area contributed by atoms with E-state index in [1.165, 1.54) is 6.07 Å². The average Bonchev–Trinajstić information content (AvgIpc) is 3.16. The topological polar surface area (TPSA) is 88.8 Å². The lowest BCUT2D eigenvalue weighted by Gasteiger charge is -2.08. The number of ketones is 1. The third-order valence-corrected chi connectivity index (χ3v) is 4.87. The van der Waals surface area contributed by atoms with Crippen LogP contribution in [0.15, 0.2) is 48.2 Å². The molecule has 6 nitrogen and oxygen atoms in total. The van der Waals surface area contributed by atoms with Crippen molar-refractivity contribution in [3.8, 4) is 5.75 Å². The number of cyclic esters (lactones) is 1. The van der Waals surface area contributed by atoms with Crippen molar-refractivity contribution in [3.05, 3.63) is 70.4 Å². The van der Waals surface area contributed by atoms with Crippen molar-refractivity contribution in [2.75, 3.05) is 6.61 Å². The number of aryl methyl sites for hydroxylation is 2. The van der Waals surface area contributed by atoms with Crippen molar-refractivity contribution in [1.29, 1.82) is 0 Å². The van der Waals surface area contributed by atoms with Gasteiger partial charge in [0.15, 0.2) is 0 Å². The molecule has 1 aromatic heterocycles. The second-order valence-corrected chi connectivity index (χ2v) is 7.07. The van der Waals surface area contributed by atoms with E-state index in [4.69, 9.17) is 4.74 Å². The van der Waals surface area contributed by atoms with Crippen molar-refractivity contribution < 1.29 is 24.5 Å². The molecule has 0 radical (unpaired) electrons. The molecule has 0 amide bonds. The van der Waals surface area contributed by atoms with Gasteiger partial charge in [-0.15, -0.1) is 0 Å². The Bertz CT molecular complexity index is 1150. The van der Waals surface area contributed by atoms with E-state index in [1.807, 2.05) is 24.5 Å². The maximum atomic E-state index is 12.0. The van der Waals surface area contributed by atoms with Gasteiger partial charge in [0.25, 0.3) is 5.78 Å². The van der Waals surface area contributed by atoms with E-state index < -0.39 is 11.8 Å². The number of nitrogens with zero attached hydrogens (tertiary/aromatic N) is 1. The van der Waals surface area contributed by atoms with E-state index in [0.29, 0.717) is 23.0 Å². The van der Waals surface area contributed by atoms with Crippen LogP contribution < -0.4 is 0 Å². The smallest absolute Gasteiger partial charge is 0.379 e. The lowest BCUT2D eigenvalue weighted by molar-refractivity contribution is -0.146. The van der Waals surface area contributed by atoms with Crippen LogP contribution in [-0.4, -0.2) is 33.1 Å². The standard InChI is InChI=1S/C22H19NO5/c1-12-6-13(2)8-14(7-12)9-23-10-15(19-17(23)4-3-5-18(19)24)20(25)16-11-28-22(27)21(16)26/h3-8,10,24-25H,9,11H2,1-2H3/b20-16-. The van der Waals surface area contributed by atoms with Gasteiger partial charge in [-0.3, -0.25) is 4.79 Å². The molecule has 6 heteroatoms. The fraction of sp³-hybridized carbons (Fsp3) is 0.182. The molecule has 142 valence electrons. The number of ether oxygens (including phenoxy) is 1. The van der Waals surface area contributed by atoms with Crippen LogP contribution in [0.25, 0.3) is 16.7 Å². The number of Topliss-reactive ketones (excluding diaryl/α,β-unsaturated/α-hetero) is 1. The van der Waals surface area contributed by atoms with Crippen LogP contribution in [0.2, 0.25) is 0 Å². The lowest BCUT2D eigenvalue weighted by Crippen LogP contribution is -2.08. The first-order chi connectivity index (χ1) is 13.3. The highest BCUT2D eigenvalue weighted by molar-refractivity contribution is 6.43. The number of fused-ring (bicyclic) bond motifs is 1. The van der Waals surface area contributed by atoms with Crippen LogP contribution >= 0.6 is 0 Å². The summed E-state index contributed by atoms with van der Waals surface area (Å²) in [6.45, 7) is 4.30. The molecule has 2 N–H and O–H groups in total. The Morgan fingerprint density at radius 3 is 2.50 bits per heavy atom. The van der Waals surface area contributed by atoms with Gasteiger partial charge in [0, 0.05) is 18.3 Å². The van der Waals surface area contributed by atoms with Gasteiger partial charge in [0.1, 0.15) is 18.1 Å². The van der Waals surface area contributed by atoms with Gasteiger partial charge in [-0.2, -0.15) is 0 Å². The van der Waals surface area contributed by atoms with Crippen molar-refractivity contribution in [1.82, 2.24) is 4.57 Å². The summed E-state index contributed by atoms with van der Waals surface area (Å²) in [6.07, 6.45) is 1.68. The van der Waals surface area contributed by atoms with Crippen LogP contribution in [0.3, 0.4) is 0 Å². The van der Waals surface area contributed by atoms with E-state index in [1.54, 1.807) is 12.3 Å². The van der Waals surface area contributed by atoms with Gasteiger partial charge >= 0.3 is 5.97 Å². The number of carbonyl (C=O) groups excluding carboxylic acids is 2. The zero-order chi connectivity index (χ0) is 20.0. The number of benzene rings is 2. The molecule has 2 heterocycles. The Morgan fingerprint density at radius 2 is 1.86 bits per heavy atom. The number of aromatic nitrogens is 1. The van der Waals surface area contributed by atoms with Gasteiger partial charge in [0.05, 0.1) is 16.5 Å². The maximum Gasteiger partial charge on any atom is 0.379 e. The number of carbonyl (C=O) groups is 2. The summed E-state index contributed by atoms with van der Waals surface area (Å²) in [6, 6.07) is 11.3. The van der Waals surface area contributed by atoms with E-state index >= 15 is 0 Å². The zero-order valence-electron chi connectivity index (χ0n) is 15.5. The maximum absolute atomic E-state index is 12.0. The Balaban J connectivity index is 1.88. The number of phenolic OH excluding ortho intramolecular Hbond substituents is 1. The average molecular weight is 377 g/mol. The summed E-state index contributed by atoms with van der Waals surface area (Å²) in [4.78, 5) is 23.3. The minimum absolute atomic E-state index is 0.0171. The number of phenols is 1. The van der Waals surface area contributed by atoms with Crippen molar-refractivity contribution in [2.24, 2.45) is 0 Å². The summed E-state index contributed by atoms with van der Waals surface area (Å²) in [5, 5.41) is 21.5. The summed E-state index contributed by atoms with van der Waals surface area (Å²) in [5.41, 5.74) is 4.27. The molecule has 0 aliphatic carbocycles. The second-order valence-electron chi connectivity index (χ2n) is 7.07. The molecule has 1 saturated heterocycles. The minimum Gasteiger partial charge on any atom is -0.507 e. The van der Waals surface area contributed by atoms with Crippen LogP contribution in [0.4, 0.5) is 0 Å². The quantitative estimate of drug-likeness (QED) is 0.316. The molecule has 2 aromatic carbocycles. The Kier molecular flexibility index (Phi) is 4.19.